The minimum atomic E-state index is -0.0849. The van der Waals surface area contributed by atoms with E-state index in [2.05, 4.69) is 16.0 Å². The van der Waals surface area contributed by atoms with Crippen molar-refractivity contribution in [1.82, 2.24) is 0 Å². The van der Waals surface area contributed by atoms with Gasteiger partial charge in [-0.15, -0.1) is 23.7 Å². The molecule has 1 aliphatic carbocycles. The molecule has 4 rings (SSSR count). The summed E-state index contributed by atoms with van der Waals surface area (Å²) >= 11 is 7.14. The van der Waals surface area contributed by atoms with Crippen LogP contribution in [0, 0.1) is 6.92 Å². The van der Waals surface area contributed by atoms with Crippen LogP contribution in [0.1, 0.15) is 39.2 Å². The number of thiophene rings is 1. The first-order chi connectivity index (χ1) is 14.1. The highest BCUT2D eigenvalue weighted by Gasteiger charge is 2.26. The summed E-state index contributed by atoms with van der Waals surface area (Å²) in [5.41, 5.74) is 4.76. The number of nitrogens with one attached hydrogen (secondary N) is 3. The topological polar surface area (TPSA) is 53.2 Å². The first-order valence-corrected chi connectivity index (χ1v) is 11.0. The molecule has 1 heterocycles. The van der Waals surface area contributed by atoms with Crippen molar-refractivity contribution in [3.63, 3.8) is 0 Å². The highest BCUT2D eigenvalue weighted by Crippen LogP contribution is 2.38. The number of para-hydroxylation sites is 1. The zero-order valence-electron chi connectivity index (χ0n) is 16.7. The van der Waals surface area contributed by atoms with Crippen LogP contribution < -0.4 is 16.0 Å². The first kappa shape index (κ1) is 22.3. The van der Waals surface area contributed by atoms with Crippen LogP contribution in [0.5, 0.6) is 0 Å². The maximum absolute atomic E-state index is 13.2. The van der Waals surface area contributed by atoms with Gasteiger partial charge in [0.25, 0.3) is 5.91 Å². The van der Waals surface area contributed by atoms with Crippen LogP contribution in [0.25, 0.3) is 0 Å². The summed E-state index contributed by atoms with van der Waals surface area (Å²) in [5.74, 6) is -0.0849. The van der Waals surface area contributed by atoms with Gasteiger partial charge in [-0.3, -0.25) is 4.79 Å². The molecule has 1 aliphatic rings. The van der Waals surface area contributed by atoms with Gasteiger partial charge in [-0.2, -0.15) is 0 Å². The third-order valence-corrected chi connectivity index (χ3v) is 6.38. The fraction of sp³-hybridized carbons (Fsp3) is 0.217. The normalized spacial score (nSPS) is 12.3. The Bertz CT molecular complexity index is 1030. The average molecular weight is 458 g/mol. The van der Waals surface area contributed by atoms with Gasteiger partial charge in [-0.25, -0.2) is 0 Å². The second-order valence-electron chi connectivity index (χ2n) is 7.18. The zero-order valence-corrected chi connectivity index (χ0v) is 19.1. The molecule has 2 aromatic carbocycles. The fourth-order valence-electron chi connectivity index (χ4n) is 3.51. The molecule has 4 nitrogen and oxygen atoms in total. The number of hydrogen-bond donors (Lipinski definition) is 3. The number of anilines is 3. The Morgan fingerprint density at radius 3 is 2.30 bits per heavy atom. The quantitative estimate of drug-likeness (QED) is 0.396. The SMILES string of the molecule is Cc1ccc(NC(=O)c2c(NC(=S)Nc3ccccc3)sc3c2CCCC3)cc1.Cl. The number of halogens is 1. The zero-order chi connectivity index (χ0) is 20.2. The summed E-state index contributed by atoms with van der Waals surface area (Å²) in [4.78, 5) is 14.5. The molecule has 1 amide bonds. The maximum Gasteiger partial charge on any atom is 0.258 e. The Kier molecular flexibility index (Phi) is 7.48. The van der Waals surface area contributed by atoms with Gasteiger partial charge in [0.05, 0.1) is 5.56 Å². The minimum absolute atomic E-state index is 0. The van der Waals surface area contributed by atoms with E-state index >= 15 is 0 Å². The Balaban J connectivity index is 0.00000256. The lowest BCUT2D eigenvalue weighted by Gasteiger charge is -2.14. The predicted molar refractivity (Wildman–Crippen MR) is 134 cm³/mol. The van der Waals surface area contributed by atoms with Crippen molar-refractivity contribution in [2.24, 2.45) is 0 Å². The van der Waals surface area contributed by atoms with Gasteiger partial charge in [-0.1, -0.05) is 35.9 Å². The van der Waals surface area contributed by atoms with Crippen molar-refractivity contribution in [2.75, 3.05) is 16.0 Å². The maximum atomic E-state index is 13.2. The van der Waals surface area contributed by atoms with Gasteiger partial charge in [0.2, 0.25) is 0 Å². The number of carbonyl (C=O) groups excluding carboxylic acids is 1. The molecular formula is C23H24ClN3OS2. The van der Waals surface area contributed by atoms with Crippen molar-refractivity contribution in [1.29, 1.82) is 0 Å². The van der Waals surface area contributed by atoms with E-state index in [0.29, 0.717) is 5.11 Å². The summed E-state index contributed by atoms with van der Waals surface area (Å²) < 4.78 is 0. The van der Waals surface area contributed by atoms with Gasteiger partial charge < -0.3 is 16.0 Å². The van der Waals surface area contributed by atoms with E-state index in [1.807, 2.05) is 61.5 Å². The Morgan fingerprint density at radius 1 is 0.900 bits per heavy atom. The summed E-state index contributed by atoms with van der Waals surface area (Å²) in [6.45, 7) is 2.03. The molecule has 30 heavy (non-hydrogen) atoms. The van der Waals surface area contributed by atoms with E-state index in [-0.39, 0.29) is 18.3 Å². The predicted octanol–water partition coefficient (Wildman–Crippen LogP) is 6.42. The number of rotatable bonds is 4. The lowest BCUT2D eigenvalue weighted by atomic mass is 9.95. The summed E-state index contributed by atoms with van der Waals surface area (Å²) in [5, 5.41) is 10.8. The van der Waals surface area contributed by atoms with E-state index in [9.17, 15) is 4.79 Å². The van der Waals surface area contributed by atoms with Gasteiger partial charge in [0.15, 0.2) is 5.11 Å². The largest absolute Gasteiger partial charge is 0.332 e. The number of amides is 1. The van der Waals surface area contributed by atoms with E-state index in [1.165, 1.54) is 11.3 Å². The van der Waals surface area contributed by atoms with Crippen LogP contribution in [0.4, 0.5) is 16.4 Å². The van der Waals surface area contributed by atoms with Gasteiger partial charge >= 0.3 is 0 Å². The van der Waals surface area contributed by atoms with Crippen LogP contribution in [0.2, 0.25) is 0 Å². The van der Waals surface area contributed by atoms with Crippen LogP contribution >= 0.6 is 36.0 Å². The number of hydrogen-bond acceptors (Lipinski definition) is 3. The first-order valence-electron chi connectivity index (χ1n) is 9.76. The Labute approximate surface area is 192 Å². The van der Waals surface area contributed by atoms with Crippen LogP contribution in [0.3, 0.4) is 0 Å². The molecular weight excluding hydrogens is 434 g/mol. The molecule has 0 fully saturated rings. The van der Waals surface area contributed by atoms with Crippen LogP contribution in [-0.2, 0) is 12.8 Å². The van der Waals surface area contributed by atoms with Gasteiger partial charge in [-0.05, 0) is 74.7 Å². The number of thiocarbonyl (C=S) groups is 1. The minimum Gasteiger partial charge on any atom is -0.332 e. The molecule has 7 heteroatoms. The monoisotopic (exact) mass is 457 g/mol. The molecule has 0 spiro atoms. The summed E-state index contributed by atoms with van der Waals surface area (Å²) in [7, 11) is 0. The van der Waals surface area contributed by atoms with E-state index in [4.69, 9.17) is 12.2 Å². The van der Waals surface area contributed by atoms with Gasteiger partial charge in [0, 0.05) is 16.3 Å². The lowest BCUT2D eigenvalue weighted by molar-refractivity contribution is 0.102. The number of benzene rings is 2. The fourth-order valence-corrected chi connectivity index (χ4v) is 5.09. The third-order valence-electron chi connectivity index (χ3n) is 4.97. The Hall–Kier alpha value is -2.41. The van der Waals surface area contributed by atoms with Crippen molar-refractivity contribution < 1.29 is 4.79 Å². The molecule has 1 aromatic heterocycles. The van der Waals surface area contributed by atoms with Crippen molar-refractivity contribution in [3.05, 3.63) is 76.2 Å². The second kappa shape index (κ2) is 10.1. The lowest BCUT2D eigenvalue weighted by Crippen LogP contribution is -2.21. The molecule has 0 bridgehead atoms. The van der Waals surface area contributed by atoms with Crippen molar-refractivity contribution in [2.45, 2.75) is 32.6 Å². The van der Waals surface area contributed by atoms with Gasteiger partial charge in [0.1, 0.15) is 5.00 Å². The third kappa shape index (κ3) is 5.19. The molecule has 3 N–H and O–H groups in total. The molecule has 3 aromatic rings. The van der Waals surface area contributed by atoms with E-state index < -0.39 is 0 Å². The van der Waals surface area contributed by atoms with E-state index in [1.54, 1.807) is 11.3 Å². The van der Waals surface area contributed by atoms with E-state index in [0.717, 1.165) is 52.3 Å². The highest BCUT2D eigenvalue weighted by molar-refractivity contribution is 7.80. The molecule has 0 saturated carbocycles. The number of carbonyl (C=O) groups is 1. The smallest absolute Gasteiger partial charge is 0.258 e. The van der Waals surface area contributed by atoms with Crippen molar-refractivity contribution in [3.8, 4) is 0 Å². The molecule has 0 saturated heterocycles. The Morgan fingerprint density at radius 2 is 1.57 bits per heavy atom. The molecule has 0 unspecified atom stereocenters. The number of fused-ring (bicyclic) bond motifs is 1. The average Bonchev–Trinajstić information content (AvgIpc) is 3.08. The molecule has 0 atom stereocenters. The van der Waals surface area contributed by atoms with Crippen LogP contribution in [0.15, 0.2) is 54.6 Å². The van der Waals surface area contributed by atoms with Crippen molar-refractivity contribution >= 4 is 63.4 Å². The summed E-state index contributed by atoms with van der Waals surface area (Å²) in [6, 6.07) is 17.6. The second-order valence-corrected chi connectivity index (χ2v) is 8.69. The molecule has 0 radical (unpaired) electrons. The highest BCUT2D eigenvalue weighted by atomic mass is 35.5. The number of aryl methyl sites for hydroxylation is 2. The standard InChI is InChI=1S/C23H23N3OS2.ClH/c1-15-11-13-17(14-12-15)24-21(27)20-18-9-5-6-10-19(18)29-22(20)26-23(28)25-16-7-3-2-4-8-16;/h2-4,7-8,11-14H,5-6,9-10H2,1H3,(H,24,27)(H2,25,26,28);1H. The molecule has 156 valence electrons. The molecule has 0 aliphatic heterocycles. The summed E-state index contributed by atoms with van der Waals surface area (Å²) in [6.07, 6.45) is 4.23. The van der Waals surface area contributed by atoms with Crippen LogP contribution in [-0.4, -0.2) is 11.0 Å².